The van der Waals surface area contributed by atoms with Gasteiger partial charge in [0.2, 0.25) is 5.91 Å². The molecule has 1 aliphatic carbocycles. The Morgan fingerprint density at radius 3 is 2.76 bits per heavy atom. The van der Waals surface area contributed by atoms with Crippen molar-refractivity contribution in [2.45, 2.75) is 31.7 Å². The molecule has 0 atom stereocenters. The summed E-state index contributed by atoms with van der Waals surface area (Å²) < 4.78 is 13.5. The molecule has 6 heteroatoms. The summed E-state index contributed by atoms with van der Waals surface area (Å²) in [5.74, 6) is -0.788. The van der Waals surface area contributed by atoms with Crippen LogP contribution in [0.25, 0.3) is 0 Å². The fourth-order valence-corrected chi connectivity index (χ4v) is 2.04. The molecular formula is C15H20FN3O2. The van der Waals surface area contributed by atoms with E-state index < -0.39 is 5.82 Å². The predicted octanol–water partition coefficient (Wildman–Crippen LogP) is 1.66. The number of hydrogen-bond donors (Lipinski definition) is 3. The third-order valence-electron chi connectivity index (χ3n) is 3.32. The normalized spacial score (nSPS) is 13.6. The molecule has 114 valence electrons. The second kappa shape index (κ2) is 7.06. The molecule has 0 radical (unpaired) electrons. The minimum absolute atomic E-state index is 0.0217. The van der Waals surface area contributed by atoms with Crippen molar-refractivity contribution in [3.63, 3.8) is 0 Å². The second-order valence-corrected chi connectivity index (χ2v) is 5.11. The molecule has 0 unspecified atom stereocenters. The molecule has 0 spiro atoms. The van der Waals surface area contributed by atoms with Gasteiger partial charge in [0, 0.05) is 26.1 Å². The molecule has 0 saturated heterocycles. The average Bonchev–Trinajstić information content (AvgIpc) is 3.27. The summed E-state index contributed by atoms with van der Waals surface area (Å²) >= 11 is 0. The summed E-state index contributed by atoms with van der Waals surface area (Å²) in [7, 11) is 1.57. The maximum Gasteiger partial charge on any atom is 0.253 e. The molecule has 0 heterocycles. The number of hydrogen-bond acceptors (Lipinski definition) is 3. The summed E-state index contributed by atoms with van der Waals surface area (Å²) in [5, 5.41) is 8.27. The zero-order valence-electron chi connectivity index (χ0n) is 12.0. The number of halogens is 1. The van der Waals surface area contributed by atoms with Crippen molar-refractivity contribution < 1.29 is 14.0 Å². The van der Waals surface area contributed by atoms with Gasteiger partial charge in [-0.05, 0) is 31.4 Å². The number of amides is 2. The van der Waals surface area contributed by atoms with Gasteiger partial charge in [-0.2, -0.15) is 0 Å². The van der Waals surface area contributed by atoms with E-state index in [9.17, 15) is 14.0 Å². The van der Waals surface area contributed by atoms with E-state index >= 15 is 0 Å². The number of rotatable bonds is 7. The van der Waals surface area contributed by atoms with Crippen molar-refractivity contribution in [3.8, 4) is 0 Å². The van der Waals surface area contributed by atoms with Gasteiger partial charge in [0.1, 0.15) is 5.82 Å². The summed E-state index contributed by atoms with van der Waals surface area (Å²) in [5.41, 5.74) is 0.446. The molecule has 1 aliphatic rings. The van der Waals surface area contributed by atoms with E-state index in [0.29, 0.717) is 25.4 Å². The van der Waals surface area contributed by atoms with Crippen molar-refractivity contribution >= 4 is 17.5 Å². The maximum absolute atomic E-state index is 13.5. The van der Waals surface area contributed by atoms with E-state index in [1.807, 2.05) is 0 Å². The molecule has 1 aromatic carbocycles. The summed E-state index contributed by atoms with van der Waals surface area (Å²) in [6, 6.07) is 4.71. The summed E-state index contributed by atoms with van der Waals surface area (Å²) in [4.78, 5) is 23.5. The van der Waals surface area contributed by atoms with Crippen molar-refractivity contribution in [1.29, 1.82) is 0 Å². The van der Waals surface area contributed by atoms with Crippen LogP contribution in [0.15, 0.2) is 18.2 Å². The van der Waals surface area contributed by atoms with Gasteiger partial charge in [0.25, 0.3) is 5.91 Å². The van der Waals surface area contributed by atoms with E-state index in [0.717, 1.165) is 12.8 Å². The molecule has 3 N–H and O–H groups in total. The van der Waals surface area contributed by atoms with Gasteiger partial charge in [-0.25, -0.2) is 4.39 Å². The van der Waals surface area contributed by atoms with Gasteiger partial charge in [-0.15, -0.1) is 0 Å². The van der Waals surface area contributed by atoms with Crippen molar-refractivity contribution in [3.05, 3.63) is 29.6 Å². The van der Waals surface area contributed by atoms with Gasteiger partial charge in [-0.3, -0.25) is 9.59 Å². The molecule has 0 aliphatic heterocycles. The summed E-state index contributed by atoms with van der Waals surface area (Å²) in [6.07, 6.45) is 3.08. The number of benzene rings is 1. The maximum atomic E-state index is 13.5. The number of carbonyl (C=O) groups is 2. The van der Waals surface area contributed by atoms with Crippen LogP contribution in [-0.2, 0) is 4.79 Å². The first-order chi connectivity index (χ1) is 10.1. The Morgan fingerprint density at radius 1 is 1.33 bits per heavy atom. The van der Waals surface area contributed by atoms with Gasteiger partial charge >= 0.3 is 0 Å². The smallest absolute Gasteiger partial charge is 0.253 e. The standard InChI is InChI=1S/C15H20FN3O2/c1-17-14-11(4-2-5-12(14)16)15(21)18-9-3-6-13(20)19-10-7-8-10/h2,4-5,10,17H,3,6-9H2,1H3,(H,18,21)(H,19,20). The van der Waals surface area contributed by atoms with Crippen LogP contribution in [0.2, 0.25) is 0 Å². The molecule has 5 nitrogen and oxygen atoms in total. The van der Waals surface area contributed by atoms with Crippen LogP contribution >= 0.6 is 0 Å². The molecule has 2 rings (SSSR count). The molecule has 2 amide bonds. The molecule has 21 heavy (non-hydrogen) atoms. The third-order valence-corrected chi connectivity index (χ3v) is 3.32. The average molecular weight is 293 g/mol. The van der Waals surface area contributed by atoms with Crippen LogP contribution in [0.1, 0.15) is 36.0 Å². The van der Waals surface area contributed by atoms with Crippen molar-refractivity contribution in [2.75, 3.05) is 18.9 Å². The first kappa shape index (κ1) is 15.3. The van der Waals surface area contributed by atoms with Crippen molar-refractivity contribution in [1.82, 2.24) is 10.6 Å². The van der Waals surface area contributed by atoms with Gasteiger partial charge in [-0.1, -0.05) is 6.07 Å². The Hall–Kier alpha value is -2.11. The molecule has 1 fully saturated rings. The number of carbonyl (C=O) groups excluding carboxylic acids is 2. The Kier molecular flexibility index (Phi) is 5.14. The van der Waals surface area contributed by atoms with Crippen LogP contribution < -0.4 is 16.0 Å². The zero-order valence-corrected chi connectivity index (χ0v) is 12.0. The minimum atomic E-state index is -0.464. The number of nitrogens with one attached hydrogen (secondary N) is 3. The third kappa shape index (κ3) is 4.44. The van der Waals surface area contributed by atoms with E-state index in [2.05, 4.69) is 16.0 Å². The number of anilines is 1. The fraction of sp³-hybridized carbons (Fsp3) is 0.467. The van der Waals surface area contributed by atoms with Crippen LogP contribution in [-0.4, -0.2) is 31.4 Å². The zero-order chi connectivity index (χ0) is 15.2. The Labute approximate surface area is 123 Å². The lowest BCUT2D eigenvalue weighted by Crippen LogP contribution is -2.28. The molecule has 1 aromatic rings. The molecule has 1 saturated carbocycles. The monoisotopic (exact) mass is 293 g/mol. The van der Waals surface area contributed by atoms with Gasteiger partial charge < -0.3 is 16.0 Å². The van der Waals surface area contributed by atoms with Crippen LogP contribution in [0.5, 0.6) is 0 Å². The van der Waals surface area contributed by atoms with E-state index in [-0.39, 0.29) is 23.1 Å². The van der Waals surface area contributed by atoms with Crippen molar-refractivity contribution in [2.24, 2.45) is 0 Å². The quantitative estimate of drug-likeness (QED) is 0.670. The van der Waals surface area contributed by atoms with E-state index in [1.165, 1.54) is 12.1 Å². The lowest BCUT2D eigenvalue weighted by molar-refractivity contribution is -0.121. The largest absolute Gasteiger partial charge is 0.385 e. The number of para-hydroxylation sites is 1. The predicted molar refractivity (Wildman–Crippen MR) is 78.7 cm³/mol. The lowest BCUT2D eigenvalue weighted by Gasteiger charge is -2.10. The highest BCUT2D eigenvalue weighted by molar-refractivity contribution is 5.99. The Balaban J connectivity index is 1.76. The fourth-order valence-electron chi connectivity index (χ4n) is 2.04. The first-order valence-corrected chi connectivity index (χ1v) is 7.15. The first-order valence-electron chi connectivity index (χ1n) is 7.15. The second-order valence-electron chi connectivity index (χ2n) is 5.11. The Morgan fingerprint density at radius 2 is 2.10 bits per heavy atom. The minimum Gasteiger partial charge on any atom is -0.385 e. The van der Waals surface area contributed by atoms with Crippen LogP contribution in [0.4, 0.5) is 10.1 Å². The highest BCUT2D eigenvalue weighted by atomic mass is 19.1. The SMILES string of the molecule is CNc1c(F)cccc1C(=O)NCCCC(=O)NC1CC1. The molecule has 0 aromatic heterocycles. The van der Waals surface area contributed by atoms with Gasteiger partial charge in [0.05, 0.1) is 11.3 Å². The lowest BCUT2D eigenvalue weighted by atomic mass is 10.1. The van der Waals surface area contributed by atoms with Crippen LogP contribution in [0.3, 0.4) is 0 Å². The highest BCUT2D eigenvalue weighted by Crippen LogP contribution is 2.19. The molecular weight excluding hydrogens is 273 g/mol. The summed E-state index contributed by atoms with van der Waals surface area (Å²) in [6.45, 7) is 0.386. The van der Waals surface area contributed by atoms with E-state index in [4.69, 9.17) is 0 Å². The van der Waals surface area contributed by atoms with Crippen LogP contribution in [0, 0.1) is 5.82 Å². The topological polar surface area (TPSA) is 70.2 Å². The molecule has 0 bridgehead atoms. The highest BCUT2D eigenvalue weighted by Gasteiger charge is 2.22. The Bertz CT molecular complexity index is 530. The van der Waals surface area contributed by atoms with E-state index in [1.54, 1.807) is 13.1 Å². The van der Waals surface area contributed by atoms with Gasteiger partial charge in [0.15, 0.2) is 0 Å².